The lowest BCUT2D eigenvalue weighted by Gasteiger charge is -2.23. The number of hydrogen-bond donors (Lipinski definition) is 1. The van der Waals surface area contributed by atoms with Gasteiger partial charge in [-0.2, -0.15) is 0 Å². The van der Waals surface area contributed by atoms with Crippen LogP contribution in [0.4, 0.5) is 5.69 Å². The predicted octanol–water partition coefficient (Wildman–Crippen LogP) is 4.76. The van der Waals surface area contributed by atoms with Gasteiger partial charge in [-0.25, -0.2) is 4.98 Å². The van der Waals surface area contributed by atoms with Gasteiger partial charge in [0.2, 0.25) is 0 Å². The summed E-state index contributed by atoms with van der Waals surface area (Å²) in [6.45, 7) is 6.48. The number of aromatic amines is 1. The Balaban J connectivity index is 1.77. The maximum atomic E-state index is 4.61. The molecular weight excluding hydrogens is 298 g/mol. The Morgan fingerprint density at radius 3 is 2.76 bits per heavy atom. The van der Waals surface area contributed by atoms with Crippen LogP contribution in [-0.4, -0.2) is 23.1 Å². The van der Waals surface area contributed by atoms with E-state index in [4.69, 9.17) is 0 Å². The fourth-order valence-electron chi connectivity index (χ4n) is 2.44. The predicted molar refractivity (Wildman–Crippen MR) is 93.5 cm³/mol. The summed E-state index contributed by atoms with van der Waals surface area (Å²) in [5.74, 6) is 0.937. The largest absolute Gasteiger partial charge is 0.372 e. The molecule has 0 bridgehead atoms. The molecule has 0 radical (unpaired) electrons. The Morgan fingerprint density at radius 2 is 2.00 bits per heavy atom. The van der Waals surface area contributed by atoms with Crippen LogP contribution in [-0.2, 0) is 5.75 Å². The minimum absolute atomic E-state index is 0.937. The molecule has 3 aromatic rings. The van der Waals surface area contributed by atoms with Crippen LogP contribution in [0.2, 0.25) is 0 Å². The maximum Gasteiger partial charge on any atom is 0.166 e. The van der Waals surface area contributed by atoms with E-state index in [1.165, 1.54) is 11.3 Å². The van der Waals surface area contributed by atoms with Crippen molar-refractivity contribution in [3.05, 3.63) is 40.6 Å². The van der Waals surface area contributed by atoms with Crippen molar-refractivity contribution >= 4 is 39.8 Å². The third-order valence-electron chi connectivity index (χ3n) is 3.57. The molecule has 2 heterocycles. The molecule has 1 aromatic carbocycles. The Morgan fingerprint density at radius 1 is 1.19 bits per heavy atom. The number of rotatable bonds is 6. The molecule has 0 saturated carbocycles. The highest BCUT2D eigenvalue weighted by Gasteiger charge is 2.09. The van der Waals surface area contributed by atoms with E-state index in [1.54, 1.807) is 23.1 Å². The quantitative estimate of drug-likeness (QED) is 0.665. The molecule has 0 aliphatic rings. The SMILES string of the molecule is CCN(CC)c1ccccc1CSc1nc2cscc2[nH]1. The van der Waals surface area contributed by atoms with Crippen molar-refractivity contribution in [2.45, 2.75) is 24.8 Å². The fourth-order valence-corrected chi connectivity index (χ4v) is 4.02. The monoisotopic (exact) mass is 317 g/mol. The van der Waals surface area contributed by atoms with E-state index in [0.717, 1.165) is 35.0 Å². The van der Waals surface area contributed by atoms with E-state index in [9.17, 15) is 0 Å². The molecule has 1 N–H and O–H groups in total. The zero-order valence-corrected chi connectivity index (χ0v) is 13.9. The van der Waals surface area contributed by atoms with Crippen LogP contribution in [0.15, 0.2) is 40.2 Å². The van der Waals surface area contributed by atoms with Crippen LogP contribution in [0.25, 0.3) is 11.0 Å². The third-order valence-corrected chi connectivity index (χ3v) is 5.22. The van der Waals surface area contributed by atoms with Crippen LogP contribution < -0.4 is 4.90 Å². The smallest absolute Gasteiger partial charge is 0.166 e. The van der Waals surface area contributed by atoms with Gasteiger partial charge in [0.15, 0.2) is 5.16 Å². The van der Waals surface area contributed by atoms with Gasteiger partial charge in [-0.15, -0.1) is 11.3 Å². The van der Waals surface area contributed by atoms with Crippen molar-refractivity contribution in [2.24, 2.45) is 0 Å². The standard InChI is InChI=1S/C16H19N3S2/c1-3-19(4-2)15-8-6-5-7-12(15)9-21-16-17-13-10-20-11-14(13)18-16/h5-8,10-11H,3-4,9H2,1-2H3,(H,17,18). The second-order valence-corrected chi connectivity index (χ2v) is 6.51. The zero-order valence-electron chi connectivity index (χ0n) is 12.3. The van der Waals surface area contributed by atoms with Gasteiger partial charge in [0.1, 0.15) is 5.52 Å². The van der Waals surface area contributed by atoms with E-state index < -0.39 is 0 Å². The second kappa shape index (κ2) is 6.54. The van der Waals surface area contributed by atoms with Gasteiger partial charge in [-0.05, 0) is 25.5 Å². The van der Waals surface area contributed by atoms with Crippen molar-refractivity contribution in [3.8, 4) is 0 Å². The van der Waals surface area contributed by atoms with E-state index >= 15 is 0 Å². The number of H-pyrrole nitrogens is 1. The number of para-hydroxylation sites is 1. The van der Waals surface area contributed by atoms with Gasteiger partial charge < -0.3 is 9.88 Å². The Kier molecular flexibility index (Phi) is 4.51. The molecule has 0 amide bonds. The summed E-state index contributed by atoms with van der Waals surface area (Å²) in [6.07, 6.45) is 0. The summed E-state index contributed by atoms with van der Waals surface area (Å²) in [4.78, 5) is 10.4. The lowest BCUT2D eigenvalue weighted by atomic mass is 10.2. The highest BCUT2D eigenvalue weighted by molar-refractivity contribution is 7.98. The van der Waals surface area contributed by atoms with Gasteiger partial charge in [-0.1, -0.05) is 30.0 Å². The number of thioether (sulfide) groups is 1. The topological polar surface area (TPSA) is 31.9 Å². The summed E-state index contributed by atoms with van der Waals surface area (Å²) in [7, 11) is 0. The molecule has 0 aliphatic carbocycles. The van der Waals surface area contributed by atoms with Crippen LogP contribution in [0.1, 0.15) is 19.4 Å². The lowest BCUT2D eigenvalue weighted by Crippen LogP contribution is -2.22. The van der Waals surface area contributed by atoms with E-state index in [2.05, 4.69) is 63.7 Å². The van der Waals surface area contributed by atoms with Gasteiger partial charge in [0.05, 0.1) is 5.52 Å². The molecule has 0 fully saturated rings. The number of benzene rings is 1. The summed E-state index contributed by atoms with van der Waals surface area (Å²) < 4.78 is 0. The summed E-state index contributed by atoms with van der Waals surface area (Å²) in [6, 6.07) is 8.65. The molecule has 5 heteroatoms. The van der Waals surface area contributed by atoms with Crippen molar-refractivity contribution in [1.82, 2.24) is 9.97 Å². The van der Waals surface area contributed by atoms with Crippen molar-refractivity contribution < 1.29 is 0 Å². The molecular formula is C16H19N3S2. The van der Waals surface area contributed by atoms with Gasteiger partial charge in [0.25, 0.3) is 0 Å². The number of nitrogens with zero attached hydrogens (tertiary/aromatic N) is 2. The van der Waals surface area contributed by atoms with Crippen molar-refractivity contribution in [3.63, 3.8) is 0 Å². The van der Waals surface area contributed by atoms with Crippen LogP contribution in [0.3, 0.4) is 0 Å². The molecule has 0 unspecified atom stereocenters. The number of imidazole rings is 1. The summed E-state index contributed by atoms with van der Waals surface area (Å²) in [5, 5.41) is 5.19. The number of hydrogen-bond acceptors (Lipinski definition) is 4. The first-order valence-electron chi connectivity index (χ1n) is 7.19. The normalized spacial score (nSPS) is 11.1. The molecule has 0 saturated heterocycles. The number of fused-ring (bicyclic) bond motifs is 1. The highest BCUT2D eigenvalue weighted by atomic mass is 32.2. The van der Waals surface area contributed by atoms with Gasteiger partial charge in [0, 0.05) is 35.3 Å². The number of anilines is 1. The highest BCUT2D eigenvalue weighted by Crippen LogP contribution is 2.29. The minimum atomic E-state index is 0.937. The second-order valence-electron chi connectivity index (χ2n) is 4.80. The van der Waals surface area contributed by atoms with Gasteiger partial charge in [-0.3, -0.25) is 0 Å². The van der Waals surface area contributed by atoms with Crippen LogP contribution in [0.5, 0.6) is 0 Å². The first-order valence-corrected chi connectivity index (χ1v) is 9.12. The first-order chi connectivity index (χ1) is 10.3. The zero-order chi connectivity index (χ0) is 14.7. The van der Waals surface area contributed by atoms with Crippen LogP contribution >= 0.6 is 23.1 Å². The third kappa shape index (κ3) is 3.09. The van der Waals surface area contributed by atoms with Crippen molar-refractivity contribution in [1.29, 1.82) is 0 Å². The molecule has 3 nitrogen and oxygen atoms in total. The average Bonchev–Trinajstić information content (AvgIpc) is 3.08. The minimum Gasteiger partial charge on any atom is -0.372 e. The van der Waals surface area contributed by atoms with Crippen molar-refractivity contribution in [2.75, 3.05) is 18.0 Å². The Bertz CT molecular complexity index is 684. The Hall–Kier alpha value is -1.46. The number of nitrogens with one attached hydrogen (secondary N) is 1. The van der Waals surface area contributed by atoms with E-state index in [1.807, 2.05) is 0 Å². The molecule has 0 atom stereocenters. The fraction of sp³-hybridized carbons (Fsp3) is 0.312. The maximum absolute atomic E-state index is 4.61. The number of aromatic nitrogens is 2. The van der Waals surface area contributed by atoms with Gasteiger partial charge >= 0.3 is 0 Å². The summed E-state index contributed by atoms with van der Waals surface area (Å²) >= 11 is 3.45. The molecule has 3 rings (SSSR count). The Labute approximate surface area is 133 Å². The first kappa shape index (κ1) is 14.5. The molecule has 0 spiro atoms. The summed E-state index contributed by atoms with van der Waals surface area (Å²) in [5.41, 5.74) is 4.91. The van der Waals surface area contributed by atoms with E-state index in [0.29, 0.717) is 0 Å². The van der Waals surface area contributed by atoms with Crippen LogP contribution in [0, 0.1) is 0 Å². The van der Waals surface area contributed by atoms with E-state index in [-0.39, 0.29) is 0 Å². The molecule has 2 aromatic heterocycles. The molecule has 21 heavy (non-hydrogen) atoms. The molecule has 0 aliphatic heterocycles. The molecule has 110 valence electrons. The average molecular weight is 317 g/mol. The lowest BCUT2D eigenvalue weighted by molar-refractivity contribution is 0.861. The number of thiophene rings is 1.